The van der Waals surface area contributed by atoms with Crippen LogP contribution in [0.3, 0.4) is 0 Å². The van der Waals surface area contributed by atoms with Crippen molar-refractivity contribution >= 4 is 5.97 Å². The number of rotatable bonds is 22. The molecule has 0 aromatic heterocycles. The summed E-state index contributed by atoms with van der Waals surface area (Å²) in [5.41, 5.74) is 0. The van der Waals surface area contributed by atoms with Gasteiger partial charge in [0.25, 0.3) is 0 Å². The quantitative estimate of drug-likeness (QED) is 0.0880. The molecular formula is C37H68O12. The third-order valence-corrected chi connectivity index (χ3v) is 10.2. The molecule has 12 heteroatoms. The van der Waals surface area contributed by atoms with Gasteiger partial charge in [-0.25, -0.2) is 0 Å². The zero-order chi connectivity index (χ0) is 35.8. The Morgan fingerprint density at radius 2 is 1.08 bits per heavy atom. The molecule has 3 aliphatic heterocycles. The third kappa shape index (κ3) is 14.9. The summed E-state index contributed by atoms with van der Waals surface area (Å²) in [4.78, 5) is 11.3. The number of aliphatic hydroxyl groups is 4. The van der Waals surface area contributed by atoms with Crippen LogP contribution in [0.1, 0.15) is 143 Å². The van der Waals surface area contributed by atoms with Crippen molar-refractivity contribution in [3.63, 3.8) is 0 Å². The van der Waals surface area contributed by atoms with Gasteiger partial charge in [-0.05, 0) is 40.0 Å². The average molecular weight is 705 g/mol. The molecule has 0 bridgehead atoms. The summed E-state index contributed by atoms with van der Waals surface area (Å²) in [6, 6.07) is 0. The summed E-state index contributed by atoms with van der Waals surface area (Å²) < 4.78 is 42.2. The van der Waals surface area contributed by atoms with E-state index in [1.807, 2.05) is 6.92 Å². The second-order valence-corrected chi connectivity index (χ2v) is 14.5. The minimum Gasteiger partial charge on any atom is -0.469 e. The number of carbonyl (C=O) groups excluding carboxylic acids is 1. The molecule has 0 saturated carbocycles. The van der Waals surface area contributed by atoms with Gasteiger partial charge in [-0.1, -0.05) is 77.6 Å². The van der Waals surface area contributed by atoms with Crippen LogP contribution in [-0.4, -0.2) is 113 Å². The predicted molar refractivity (Wildman–Crippen MR) is 182 cm³/mol. The molecule has 13 atom stereocenters. The largest absolute Gasteiger partial charge is 0.469 e. The molecule has 0 aromatic rings. The first kappa shape index (κ1) is 42.5. The molecule has 0 unspecified atom stereocenters. The van der Waals surface area contributed by atoms with Crippen LogP contribution in [0.25, 0.3) is 0 Å². The lowest BCUT2D eigenvalue weighted by Gasteiger charge is -2.45. The van der Waals surface area contributed by atoms with Crippen LogP contribution in [0, 0.1) is 0 Å². The topological polar surface area (TPSA) is 163 Å². The number of ether oxygens (including phenoxy) is 7. The zero-order valence-electron chi connectivity index (χ0n) is 30.8. The Morgan fingerprint density at radius 3 is 1.61 bits per heavy atom. The van der Waals surface area contributed by atoms with Crippen molar-refractivity contribution in [1.29, 1.82) is 0 Å². The van der Waals surface area contributed by atoms with Crippen LogP contribution in [0.15, 0.2) is 0 Å². The molecule has 0 spiro atoms. The first-order valence-electron chi connectivity index (χ1n) is 19.2. The van der Waals surface area contributed by atoms with E-state index >= 15 is 0 Å². The van der Waals surface area contributed by atoms with Crippen LogP contribution in [0.5, 0.6) is 0 Å². The van der Waals surface area contributed by atoms with Crippen LogP contribution in [-0.2, 0) is 38.0 Å². The molecular weight excluding hydrogens is 636 g/mol. The molecule has 12 nitrogen and oxygen atoms in total. The van der Waals surface area contributed by atoms with E-state index < -0.39 is 73.8 Å². The number of esters is 1. The minimum atomic E-state index is -1.02. The smallest absolute Gasteiger partial charge is 0.305 e. The summed E-state index contributed by atoms with van der Waals surface area (Å²) in [6.45, 7) is 7.60. The van der Waals surface area contributed by atoms with Gasteiger partial charge < -0.3 is 53.6 Å². The number of hydrogen-bond acceptors (Lipinski definition) is 12. The predicted octanol–water partition coefficient (Wildman–Crippen LogP) is 5.03. The van der Waals surface area contributed by atoms with Crippen molar-refractivity contribution in [2.24, 2.45) is 0 Å². The van der Waals surface area contributed by atoms with E-state index in [1.54, 1.807) is 13.8 Å². The maximum atomic E-state index is 11.3. The van der Waals surface area contributed by atoms with Crippen LogP contribution < -0.4 is 0 Å². The van der Waals surface area contributed by atoms with E-state index in [4.69, 9.17) is 33.2 Å². The van der Waals surface area contributed by atoms with Gasteiger partial charge in [0, 0.05) is 25.7 Å². The van der Waals surface area contributed by atoms with Gasteiger partial charge in [-0.15, -0.1) is 0 Å². The molecule has 3 aliphatic rings. The Bertz CT molecular complexity index is 893. The Hall–Kier alpha value is -0.930. The van der Waals surface area contributed by atoms with Gasteiger partial charge in [-0.2, -0.15) is 0 Å². The number of carbonyl (C=O) groups is 1. The number of methoxy groups -OCH3 is 1. The first-order valence-corrected chi connectivity index (χ1v) is 19.2. The van der Waals surface area contributed by atoms with Gasteiger partial charge in [-0.3, -0.25) is 4.79 Å². The van der Waals surface area contributed by atoms with E-state index in [0.29, 0.717) is 12.8 Å². The fourth-order valence-corrected chi connectivity index (χ4v) is 6.87. The molecule has 3 heterocycles. The first-order chi connectivity index (χ1) is 23.5. The van der Waals surface area contributed by atoms with Gasteiger partial charge in [0.2, 0.25) is 0 Å². The lowest BCUT2D eigenvalue weighted by atomic mass is 9.99. The highest BCUT2D eigenvalue weighted by Gasteiger charge is 2.45. The molecule has 0 amide bonds. The summed E-state index contributed by atoms with van der Waals surface area (Å²) in [6.07, 6.45) is 7.43. The summed E-state index contributed by atoms with van der Waals surface area (Å²) in [5.74, 6) is -0.134. The Labute approximate surface area is 294 Å². The molecule has 0 aromatic carbocycles. The molecule has 4 N–H and O–H groups in total. The third-order valence-electron chi connectivity index (χ3n) is 10.2. The highest BCUT2D eigenvalue weighted by Crippen LogP contribution is 2.34. The summed E-state index contributed by atoms with van der Waals surface area (Å²) >= 11 is 0. The van der Waals surface area contributed by atoms with E-state index in [-0.39, 0.29) is 24.9 Å². The lowest BCUT2D eigenvalue weighted by molar-refractivity contribution is -0.355. The van der Waals surface area contributed by atoms with Crippen LogP contribution in [0.2, 0.25) is 0 Å². The summed E-state index contributed by atoms with van der Waals surface area (Å²) in [7, 11) is 1.43. The van der Waals surface area contributed by atoms with Gasteiger partial charge in [0.1, 0.15) is 18.3 Å². The fraction of sp³-hybridized carbons (Fsp3) is 0.973. The van der Waals surface area contributed by atoms with E-state index in [9.17, 15) is 25.2 Å². The minimum absolute atomic E-state index is 0.0280. The number of aliphatic hydroxyl groups excluding tert-OH is 4. The molecule has 3 saturated heterocycles. The molecule has 0 aliphatic carbocycles. The zero-order valence-corrected chi connectivity index (χ0v) is 30.8. The maximum absolute atomic E-state index is 11.3. The van der Waals surface area contributed by atoms with Crippen LogP contribution >= 0.6 is 0 Å². The van der Waals surface area contributed by atoms with Gasteiger partial charge >= 0.3 is 5.97 Å². The Kier molecular flexibility index (Phi) is 19.8. The standard InChI is InChI=1S/C37H68O12/c1-6-7-8-15-18-27(19-16-13-11-9-10-12-14-17-20-34(42)43-5)47-37-33(49-36-31(41)22-29(39)25(3)45-36)23-32(26(4)46-37)48-35-30(40)21-28(38)24(2)44-35/h24-33,35-41H,6-23H2,1-5H3/t24-,25-,26-,27+,28+,29+,30+,31+,32+,33+,35-,36-,37-/m0/s1. The monoisotopic (exact) mass is 704 g/mol. The summed E-state index contributed by atoms with van der Waals surface area (Å²) in [5, 5.41) is 41.7. The Morgan fingerprint density at radius 1 is 0.612 bits per heavy atom. The highest BCUT2D eigenvalue weighted by molar-refractivity contribution is 5.68. The van der Waals surface area contributed by atoms with E-state index in [1.165, 1.54) is 26.4 Å². The molecule has 0 radical (unpaired) electrons. The van der Waals surface area contributed by atoms with Crippen molar-refractivity contribution in [3.8, 4) is 0 Å². The normalized spacial score (nSPS) is 36.0. The molecule has 3 fully saturated rings. The van der Waals surface area contributed by atoms with Crippen molar-refractivity contribution in [2.75, 3.05) is 7.11 Å². The lowest BCUT2D eigenvalue weighted by Crippen LogP contribution is -2.56. The SMILES string of the molecule is CCCCCC[C@H](CCCCCCCCCCC(=O)OC)O[C@@H]1O[C@@H](C)[C@H](O[C@@H]2O[C@@H](C)[C@H](O)C[C@H]2O)C[C@H]1O[C@@H]1O[C@@H](C)[C@H](O)C[C@H]1O. The van der Waals surface area contributed by atoms with Crippen molar-refractivity contribution < 1.29 is 58.4 Å². The van der Waals surface area contributed by atoms with Crippen molar-refractivity contribution in [2.45, 2.75) is 223 Å². The van der Waals surface area contributed by atoms with Crippen LogP contribution in [0.4, 0.5) is 0 Å². The number of hydrogen-bond donors (Lipinski definition) is 4. The van der Waals surface area contributed by atoms with Crippen molar-refractivity contribution in [3.05, 3.63) is 0 Å². The van der Waals surface area contributed by atoms with E-state index in [0.717, 1.165) is 70.6 Å². The average Bonchev–Trinajstić information content (AvgIpc) is 3.06. The van der Waals surface area contributed by atoms with Gasteiger partial charge in [0.05, 0.1) is 49.8 Å². The molecule has 49 heavy (non-hydrogen) atoms. The second kappa shape index (κ2) is 22.9. The molecule has 288 valence electrons. The molecule has 3 rings (SSSR count). The Balaban J connectivity index is 1.59. The highest BCUT2D eigenvalue weighted by atomic mass is 16.8. The van der Waals surface area contributed by atoms with Crippen molar-refractivity contribution in [1.82, 2.24) is 0 Å². The van der Waals surface area contributed by atoms with E-state index in [2.05, 4.69) is 6.92 Å². The van der Waals surface area contributed by atoms with Gasteiger partial charge in [0.15, 0.2) is 18.9 Å². The second-order valence-electron chi connectivity index (χ2n) is 14.5. The number of unbranched alkanes of at least 4 members (excludes halogenated alkanes) is 10. The fourth-order valence-electron chi connectivity index (χ4n) is 6.87. The maximum Gasteiger partial charge on any atom is 0.305 e.